The van der Waals surface area contributed by atoms with Crippen LogP contribution in [0.3, 0.4) is 0 Å². The highest BCUT2D eigenvalue weighted by Gasteiger charge is 2.40. The van der Waals surface area contributed by atoms with Gasteiger partial charge in [0.25, 0.3) is 0 Å². The number of hydrogen-bond acceptors (Lipinski definition) is 5. The summed E-state index contributed by atoms with van der Waals surface area (Å²) in [6.45, 7) is 3.56. The van der Waals surface area contributed by atoms with E-state index in [1.165, 1.54) is 19.9 Å². The van der Waals surface area contributed by atoms with Gasteiger partial charge in [-0.05, 0) is 44.5 Å². The zero-order valence-electron chi connectivity index (χ0n) is 18.1. The molecule has 0 spiro atoms. The fraction of sp³-hybridized carbons (Fsp3) is 0.600. The summed E-state index contributed by atoms with van der Waals surface area (Å²) in [5.74, 6) is -1.63. The number of piperazine rings is 1. The molecule has 1 fully saturated rings. The number of amides is 1. The molecule has 1 amide bonds. The number of alkyl halides is 6. The van der Waals surface area contributed by atoms with Crippen LogP contribution in [0.1, 0.15) is 31.9 Å². The lowest BCUT2D eigenvalue weighted by molar-refractivity contribution is -0.200. The van der Waals surface area contributed by atoms with Crippen LogP contribution in [0.4, 0.5) is 31.1 Å². The molecule has 1 heterocycles. The van der Waals surface area contributed by atoms with Crippen molar-refractivity contribution in [3.63, 3.8) is 0 Å². The van der Waals surface area contributed by atoms with Gasteiger partial charge in [0.05, 0.1) is 5.56 Å². The van der Waals surface area contributed by atoms with Crippen molar-refractivity contribution in [2.24, 2.45) is 0 Å². The molecule has 0 saturated carbocycles. The first-order valence-corrected chi connectivity index (χ1v) is 9.87. The maximum atomic E-state index is 13.3. The molecule has 0 radical (unpaired) electrons. The van der Waals surface area contributed by atoms with Crippen molar-refractivity contribution in [3.8, 4) is 5.75 Å². The minimum atomic E-state index is -4.70. The van der Waals surface area contributed by atoms with Crippen molar-refractivity contribution in [1.82, 2.24) is 9.80 Å². The lowest BCUT2D eigenvalue weighted by Gasteiger charge is -2.35. The van der Waals surface area contributed by atoms with Crippen LogP contribution in [-0.2, 0) is 22.3 Å². The Hall–Kier alpha value is -2.70. The van der Waals surface area contributed by atoms with Crippen LogP contribution >= 0.6 is 0 Å². The quantitative estimate of drug-likeness (QED) is 0.609. The van der Waals surface area contributed by atoms with E-state index in [1.807, 2.05) is 0 Å². The van der Waals surface area contributed by atoms with E-state index < -0.39 is 41.7 Å². The Bertz CT molecular complexity index is 863. The third-order valence-corrected chi connectivity index (χ3v) is 4.96. The van der Waals surface area contributed by atoms with E-state index in [1.54, 1.807) is 4.90 Å². The van der Waals surface area contributed by atoms with Gasteiger partial charge in [0, 0.05) is 32.7 Å². The summed E-state index contributed by atoms with van der Waals surface area (Å²) >= 11 is 0. The zero-order valence-corrected chi connectivity index (χ0v) is 18.1. The molecule has 1 aliphatic heterocycles. The molecule has 0 aromatic heterocycles. The van der Waals surface area contributed by atoms with Crippen LogP contribution in [-0.4, -0.2) is 71.0 Å². The van der Waals surface area contributed by atoms with Gasteiger partial charge in [0.1, 0.15) is 5.75 Å². The molecule has 1 saturated heterocycles. The maximum absolute atomic E-state index is 13.3. The van der Waals surface area contributed by atoms with E-state index in [4.69, 9.17) is 4.74 Å². The monoisotopic (exact) mass is 486 g/mol. The number of nitrogens with zero attached hydrogens (tertiary/aromatic N) is 2. The van der Waals surface area contributed by atoms with Crippen LogP contribution in [0.2, 0.25) is 0 Å². The summed E-state index contributed by atoms with van der Waals surface area (Å²) in [5.41, 5.74) is -2.58. The number of benzene rings is 1. The second-order valence-electron chi connectivity index (χ2n) is 8.11. The molecule has 1 atom stereocenters. The summed E-state index contributed by atoms with van der Waals surface area (Å²) in [7, 11) is 0. The molecule has 0 bridgehead atoms. The number of rotatable bonds is 6. The normalized spacial score (nSPS) is 16.9. The first-order valence-electron chi connectivity index (χ1n) is 9.87. The van der Waals surface area contributed by atoms with E-state index in [0.29, 0.717) is 13.0 Å². The number of carbonyl (C=O) groups is 2. The molecule has 33 heavy (non-hydrogen) atoms. The van der Waals surface area contributed by atoms with E-state index in [-0.39, 0.29) is 44.0 Å². The average Bonchev–Trinajstić information content (AvgIpc) is 2.66. The van der Waals surface area contributed by atoms with Gasteiger partial charge < -0.3 is 19.5 Å². The van der Waals surface area contributed by atoms with Gasteiger partial charge in [-0.2, -0.15) is 26.3 Å². The lowest BCUT2D eigenvalue weighted by Crippen LogP contribution is -2.49. The van der Waals surface area contributed by atoms with E-state index in [9.17, 15) is 41.0 Å². The van der Waals surface area contributed by atoms with Crippen LogP contribution in [0.5, 0.6) is 5.75 Å². The van der Waals surface area contributed by atoms with Crippen molar-refractivity contribution in [3.05, 3.63) is 29.3 Å². The zero-order chi connectivity index (χ0) is 25.2. The van der Waals surface area contributed by atoms with Gasteiger partial charge in [0.15, 0.2) is 11.7 Å². The predicted molar refractivity (Wildman–Crippen MR) is 103 cm³/mol. The summed E-state index contributed by atoms with van der Waals surface area (Å²) < 4.78 is 87.3. The standard InChI is InChI=1S/C20H24F6N2O5/c1-12(19(21,22)23)32-17(31)28-6-4-27(5-7-28)11-13-8-14(20(24,25)26)10-15(9-13)33-18(2,3)16(29)30/h8-10,12H,4-7,11H2,1-3H3,(H,29,30). The molecule has 7 nitrogen and oxygen atoms in total. The number of carboxylic acid groups (broad SMARTS) is 1. The first-order chi connectivity index (χ1) is 15.0. The van der Waals surface area contributed by atoms with E-state index in [0.717, 1.165) is 11.0 Å². The van der Waals surface area contributed by atoms with Gasteiger partial charge in [0.2, 0.25) is 0 Å². The fourth-order valence-corrected chi connectivity index (χ4v) is 2.95. The highest BCUT2D eigenvalue weighted by atomic mass is 19.4. The van der Waals surface area contributed by atoms with Gasteiger partial charge >= 0.3 is 24.4 Å². The Balaban J connectivity index is 2.08. The molecular formula is C20H24F6N2O5. The Morgan fingerprint density at radius 1 is 1.03 bits per heavy atom. The van der Waals surface area contributed by atoms with Gasteiger partial charge in [-0.3, -0.25) is 4.90 Å². The second-order valence-corrected chi connectivity index (χ2v) is 8.11. The van der Waals surface area contributed by atoms with Gasteiger partial charge in [-0.15, -0.1) is 0 Å². The van der Waals surface area contributed by atoms with Crippen LogP contribution in [0.25, 0.3) is 0 Å². The summed E-state index contributed by atoms with van der Waals surface area (Å²) in [4.78, 5) is 26.0. The van der Waals surface area contributed by atoms with Crippen molar-refractivity contribution in [2.45, 2.75) is 51.4 Å². The molecule has 1 aromatic carbocycles. The average molecular weight is 486 g/mol. The summed E-state index contributed by atoms with van der Waals surface area (Å²) in [6.07, 6.45) is -12.8. The topological polar surface area (TPSA) is 79.3 Å². The second kappa shape index (κ2) is 9.65. The molecule has 186 valence electrons. The van der Waals surface area contributed by atoms with Crippen LogP contribution in [0, 0.1) is 0 Å². The molecule has 1 N–H and O–H groups in total. The Morgan fingerprint density at radius 2 is 1.61 bits per heavy atom. The van der Waals surface area contributed by atoms with Crippen LogP contribution < -0.4 is 4.74 Å². The number of hydrogen-bond donors (Lipinski definition) is 1. The van der Waals surface area contributed by atoms with Gasteiger partial charge in [-0.1, -0.05) is 0 Å². The minimum absolute atomic E-state index is 0.0234. The largest absolute Gasteiger partial charge is 0.478 e. The van der Waals surface area contributed by atoms with Crippen molar-refractivity contribution < 1.29 is 50.5 Å². The Kier molecular flexibility index (Phi) is 7.77. The maximum Gasteiger partial charge on any atom is 0.425 e. The van der Waals surface area contributed by atoms with Gasteiger partial charge in [-0.25, -0.2) is 9.59 Å². The molecule has 13 heteroatoms. The molecule has 1 aromatic rings. The lowest BCUT2D eigenvalue weighted by atomic mass is 10.1. The van der Waals surface area contributed by atoms with E-state index in [2.05, 4.69) is 4.74 Å². The van der Waals surface area contributed by atoms with Crippen molar-refractivity contribution in [2.75, 3.05) is 26.2 Å². The molecule has 0 aliphatic carbocycles. The minimum Gasteiger partial charge on any atom is -0.478 e. The number of halogens is 6. The third-order valence-electron chi connectivity index (χ3n) is 4.96. The molecule has 1 unspecified atom stereocenters. The predicted octanol–water partition coefficient (Wildman–Crippen LogP) is 4.15. The Labute approximate surface area is 185 Å². The molecule has 2 rings (SSSR count). The molecular weight excluding hydrogens is 462 g/mol. The number of aliphatic carboxylic acids is 1. The fourth-order valence-electron chi connectivity index (χ4n) is 2.95. The molecule has 1 aliphatic rings. The highest BCUT2D eigenvalue weighted by Crippen LogP contribution is 2.34. The summed E-state index contributed by atoms with van der Waals surface area (Å²) in [5, 5.41) is 9.17. The van der Waals surface area contributed by atoms with Crippen molar-refractivity contribution >= 4 is 12.1 Å². The van der Waals surface area contributed by atoms with Crippen molar-refractivity contribution in [1.29, 1.82) is 0 Å². The van der Waals surface area contributed by atoms with Crippen LogP contribution in [0.15, 0.2) is 18.2 Å². The SMILES string of the molecule is CC(OC(=O)N1CCN(Cc2cc(OC(C)(C)C(=O)O)cc(C(F)(F)F)c2)CC1)C(F)(F)F. The Morgan fingerprint density at radius 3 is 2.09 bits per heavy atom. The highest BCUT2D eigenvalue weighted by molar-refractivity contribution is 5.76. The summed E-state index contributed by atoms with van der Waals surface area (Å²) in [6, 6.07) is 2.92. The number of carbonyl (C=O) groups excluding carboxylic acids is 1. The number of carboxylic acids is 1. The first kappa shape index (κ1) is 26.6. The number of ether oxygens (including phenoxy) is 2. The third kappa shape index (κ3) is 7.41. The smallest absolute Gasteiger partial charge is 0.425 e. The van der Waals surface area contributed by atoms with E-state index >= 15 is 0 Å².